The quantitative estimate of drug-likeness (QED) is 0.422. The van der Waals surface area contributed by atoms with Gasteiger partial charge >= 0.3 is 0 Å². The monoisotopic (exact) mass is 447 g/mol. The zero-order chi connectivity index (χ0) is 22.9. The highest BCUT2D eigenvalue weighted by Gasteiger charge is 2.24. The first-order valence-corrected chi connectivity index (χ1v) is 12.0. The molecule has 0 amide bonds. The van der Waals surface area contributed by atoms with Gasteiger partial charge in [-0.25, -0.2) is 8.42 Å². The summed E-state index contributed by atoms with van der Waals surface area (Å²) in [7, 11) is -3.99. The number of aromatic nitrogens is 1. The van der Waals surface area contributed by atoms with E-state index in [1.807, 2.05) is 43.5 Å². The number of fused-ring (bicyclic) bond motifs is 1. The van der Waals surface area contributed by atoms with Crippen LogP contribution in [0.3, 0.4) is 0 Å². The molecule has 0 unspecified atom stereocenters. The van der Waals surface area contributed by atoms with Crippen molar-refractivity contribution in [3.8, 4) is 5.75 Å². The minimum Gasteiger partial charge on any atom is -0.494 e. The number of hydrogen-bond donors (Lipinski definition) is 0. The molecule has 1 heterocycles. The Labute approximate surface area is 187 Å². The van der Waals surface area contributed by atoms with Gasteiger partial charge in [-0.1, -0.05) is 42.0 Å². The van der Waals surface area contributed by atoms with Crippen molar-refractivity contribution in [1.82, 2.24) is 4.57 Å². The van der Waals surface area contributed by atoms with Crippen LogP contribution in [0.4, 0.5) is 0 Å². The summed E-state index contributed by atoms with van der Waals surface area (Å²) in [5.74, 6) is 0.532. The Kier molecular flexibility index (Phi) is 5.89. The second-order valence-electron chi connectivity index (χ2n) is 7.81. The van der Waals surface area contributed by atoms with Crippen LogP contribution in [-0.4, -0.2) is 19.6 Å². The van der Waals surface area contributed by atoms with Crippen molar-refractivity contribution in [2.24, 2.45) is 0 Å². The third-order valence-electron chi connectivity index (χ3n) is 5.52. The second kappa shape index (κ2) is 8.63. The van der Waals surface area contributed by atoms with Gasteiger partial charge in [0.15, 0.2) is 0 Å². The highest BCUT2D eigenvalue weighted by Crippen LogP contribution is 2.25. The Morgan fingerprint density at radius 1 is 0.938 bits per heavy atom. The molecule has 164 valence electrons. The van der Waals surface area contributed by atoms with Crippen LogP contribution in [-0.2, 0) is 16.4 Å². The van der Waals surface area contributed by atoms with Crippen LogP contribution in [0.25, 0.3) is 10.9 Å². The van der Waals surface area contributed by atoms with Crippen molar-refractivity contribution in [1.29, 1.82) is 0 Å². The van der Waals surface area contributed by atoms with Crippen LogP contribution in [0.5, 0.6) is 5.75 Å². The molecule has 4 aromatic rings. The predicted molar refractivity (Wildman–Crippen MR) is 126 cm³/mol. The van der Waals surface area contributed by atoms with E-state index in [0.29, 0.717) is 29.8 Å². The van der Waals surface area contributed by atoms with E-state index in [2.05, 4.69) is 6.07 Å². The van der Waals surface area contributed by atoms with E-state index in [4.69, 9.17) is 4.74 Å². The molecular formula is C26H25NO4S. The first-order chi connectivity index (χ1) is 15.3. The van der Waals surface area contributed by atoms with Crippen molar-refractivity contribution in [2.45, 2.75) is 37.1 Å². The molecular weight excluding hydrogens is 422 g/mol. The number of nitrogens with zero attached hydrogens (tertiary/aromatic N) is 1. The van der Waals surface area contributed by atoms with Gasteiger partial charge in [0.25, 0.3) is 0 Å². The van der Waals surface area contributed by atoms with Crippen molar-refractivity contribution in [2.75, 3.05) is 6.61 Å². The lowest BCUT2D eigenvalue weighted by atomic mass is 10.1. The van der Waals surface area contributed by atoms with E-state index in [0.717, 1.165) is 16.7 Å². The molecule has 0 N–H and O–H groups in total. The average Bonchev–Trinajstić information content (AvgIpc) is 2.79. The smallest absolute Gasteiger partial charge is 0.211 e. The maximum atomic E-state index is 13.4. The van der Waals surface area contributed by atoms with E-state index < -0.39 is 15.3 Å². The highest BCUT2D eigenvalue weighted by atomic mass is 32.2. The number of aryl methyl sites for hydroxylation is 2. The topological polar surface area (TPSA) is 65.4 Å². The van der Waals surface area contributed by atoms with Crippen molar-refractivity contribution >= 4 is 20.7 Å². The minimum absolute atomic E-state index is 0.0932. The Morgan fingerprint density at radius 3 is 2.41 bits per heavy atom. The third kappa shape index (κ3) is 4.06. The molecule has 0 spiro atoms. The molecule has 0 saturated carbocycles. The molecule has 0 saturated heterocycles. The zero-order valence-corrected chi connectivity index (χ0v) is 19.1. The normalized spacial score (nSPS) is 11.6. The first-order valence-electron chi connectivity index (χ1n) is 10.5. The molecule has 0 aliphatic heterocycles. The maximum absolute atomic E-state index is 13.4. The van der Waals surface area contributed by atoms with Gasteiger partial charge in [0, 0.05) is 12.7 Å². The maximum Gasteiger partial charge on any atom is 0.211 e. The summed E-state index contributed by atoms with van der Waals surface area (Å²) < 4.78 is 34.2. The van der Waals surface area contributed by atoms with Crippen molar-refractivity contribution in [3.63, 3.8) is 0 Å². The molecule has 0 radical (unpaired) electrons. The molecule has 3 aromatic carbocycles. The van der Waals surface area contributed by atoms with Gasteiger partial charge in [-0.05, 0) is 62.2 Å². The van der Waals surface area contributed by atoms with E-state index in [1.165, 1.54) is 18.3 Å². The lowest BCUT2D eigenvalue weighted by Gasteiger charge is -2.16. The highest BCUT2D eigenvalue weighted by molar-refractivity contribution is 7.91. The average molecular weight is 448 g/mol. The van der Waals surface area contributed by atoms with Gasteiger partial charge in [0.1, 0.15) is 10.6 Å². The van der Waals surface area contributed by atoms with Gasteiger partial charge in [0.05, 0.1) is 22.4 Å². The Balaban J connectivity index is 1.99. The Morgan fingerprint density at radius 2 is 1.69 bits per heavy atom. The summed E-state index contributed by atoms with van der Waals surface area (Å²) in [4.78, 5) is 13.2. The van der Waals surface area contributed by atoms with E-state index >= 15 is 0 Å². The fraction of sp³-hybridized carbons (Fsp3) is 0.192. The molecule has 0 aliphatic rings. The second-order valence-corrected chi connectivity index (χ2v) is 9.73. The molecule has 0 atom stereocenters. The first kappa shape index (κ1) is 21.8. The fourth-order valence-corrected chi connectivity index (χ4v) is 5.20. The number of rotatable bonds is 6. The number of benzene rings is 3. The van der Waals surface area contributed by atoms with E-state index in [-0.39, 0.29) is 9.79 Å². The molecule has 4 rings (SSSR count). The van der Waals surface area contributed by atoms with E-state index in [9.17, 15) is 13.2 Å². The fourth-order valence-electron chi connectivity index (χ4n) is 3.81. The molecule has 32 heavy (non-hydrogen) atoms. The van der Waals surface area contributed by atoms with Gasteiger partial charge in [0.2, 0.25) is 15.3 Å². The van der Waals surface area contributed by atoms with Crippen LogP contribution in [0, 0.1) is 13.8 Å². The molecule has 0 bridgehead atoms. The lowest BCUT2D eigenvalue weighted by molar-refractivity contribution is 0.340. The Hall–Kier alpha value is -3.38. The summed E-state index contributed by atoms with van der Waals surface area (Å²) in [6.07, 6.45) is 1.47. The summed E-state index contributed by atoms with van der Waals surface area (Å²) in [6.45, 7) is 6.79. The number of pyridine rings is 1. The SMILES string of the molecule is CCOc1ccc2c(c1)c(=O)c(S(=O)(=O)c1ccccc1)cn2Cc1cc(C)ccc1C. The number of sulfone groups is 1. The standard InChI is InChI=1S/C26H25NO4S/c1-4-31-21-12-13-24-23(15-21)26(28)25(32(29,30)22-8-6-5-7-9-22)17-27(24)16-20-14-18(2)10-11-19(20)3/h5-15,17H,4,16H2,1-3H3. The zero-order valence-electron chi connectivity index (χ0n) is 18.3. The van der Waals surface area contributed by atoms with Crippen LogP contribution in [0.2, 0.25) is 0 Å². The minimum atomic E-state index is -3.99. The molecule has 0 fully saturated rings. The van der Waals surface area contributed by atoms with Crippen LogP contribution in [0.1, 0.15) is 23.6 Å². The summed E-state index contributed by atoms with van der Waals surface area (Å²) in [5, 5.41) is 0.318. The van der Waals surface area contributed by atoms with Crippen LogP contribution < -0.4 is 10.2 Å². The third-order valence-corrected chi connectivity index (χ3v) is 7.28. The molecule has 5 nitrogen and oxygen atoms in total. The molecule has 0 aliphatic carbocycles. The predicted octanol–water partition coefficient (Wildman–Crippen LogP) is 4.90. The Bertz CT molecular complexity index is 1450. The van der Waals surface area contributed by atoms with Gasteiger partial charge < -0.3 is 9.30 Å². The largest absolute Gasteiger partial charge is 0.494 e. The summed E-state index contributed by atoms with van der Waals surface area (Å²) >= 11 is 0. The lowest BCUT2D eigenvalue weighted by Crippen LogP contribution is -2.20. The number of ether oxygens (including phenoxy) is 1. The van der Waals surface area contributed by atoms with Crippen molar-refractivity contribution in [3.05, 3.63) is 99.8 Å². The molecule has 1 aromatic heterocycles. The summed E-state index contributed by atoms with van der Waals surface area (Å²) in [6, 6.07) is 19.5. The van der Waals surface area contributed by atoms with Crippen LogP contribution >= 0.6 is 0 Å². The number of hydrogen-bond acceptors (Lipinski definition) is 4. The van der Waals surface area contributed by atoms with Crippen LogP contribution in [0.15, 0.2) is 87.5 Å². The van der Waals surface area contributed by atoms with Gasteiger partial charge in [-0.15, -0.1) is 0 Å². The van der Waals surface area contributed by atoms with Crippen molar-refractivity contribution < 1.29 is 13.2 Å². The van der Waals surface area contributed by atoms with Gasteiger partial charge in [-0.3, -0.25) is 4.79 Å². The molecule has 6 heteroatoms. The summed E-state index contributed by atoms with van der Waals surface area (Å²) in [5.41, 5.74) is 3.41. The van der Waals surface area contributed by atoms with Gasteiger partial charge in [-0.2, -0.15) is 0 Å². The van der Waals surface area contributed by atoms with E-state index in [1.54, 1.807) is 30.3 Å².